The van der Waals surface area contributed by atoms with E-state index < -0.39 is 17.8 Å². The Morgan fingerprint density at radius 3 is 2.62 bits per heavy atom. The largest absolute Gasteiger partial charge is 0.419 e. The molecule has 2 heterocycles. The molecule has 0 bridgehead atoms. The van der Waals surface area contributed by atoms with Gasteiger partial charge >= 0.3 is 6.18 Å². The van der Waals surface area contributed by atoms with Crippen molar-refractivity contribution in [3.8, 4) is 11.3 Å². The van der Waals surface area contributed by atoms with Crippen molar-refractivity contribution in [1.82, 2.24) is 19.7 Å². The fourth-order valence-electron chi connectivity index (χ4n) is 1.65. The average molecular weight is 319 g/mol. The van der Waals surface area contributed by atoms with Crippen LogP contribution < -0.4 is 0 Å². The molecule has 5 nitrogen and oxygen atoms in total. The van der Waals surface area contributed by atoms with Crippen LogP contribution in [0.1, 0.15) is 25.5 Å². The van der Waals surface area contributed by atoms with Crippen LogP contribution in [0.4, 0.5) is 13.2 Å². The van der Waals surface area contributed by atoms with Crippen LogP contribution in [0.25, 0.3) is 11.3 Å². The van der Waals surface area contributed by atoms with Gasteiger partial charge in [-0.2, -0.15) is 18.3 Å². The SMILES string of the molecule is CC(=O)C(C)n1cc(-c2nc(Cl)ncc2C(F)(F)F)cn1. The van der Waals surface area contributed by atoms with Gasteiger partial charge in [-0.15, -0.1) is 0 Å². The fourth-order valence-corrected chi connectivity index (χ4v) is 1.78. The van der Waals surface area contributed by atoms with Crippen molar-refractivity contribution in [3.63, 3.8) is 0 Å². The number of Topliss-reactive ketones (excluding diaryl/α,β-unsaturated/α-hetero) is 1. The number of carbonyl (C=O) groups is 1. The minimum absolute atomic E-state index is 0.111. The molecule has 0 N–H and O–H groups in total. The molecule has 0 aliphatic heterocycles. The van der Waals surface area contributed by atoms with Crippen molar-refractivity contribution in [2.45, 2.75) is 26.1 Å². The molecule has 9 heteroatoms. The molecule has 2 aromatic rings. The van der Waals surface area contributed by atoms with Gasteiger partial charge in [-0.05, 0) is 25.4 Å². The third-order valence-corrected chi connectivity index (χ3v) is 3.11. The van der Waals surface area contributed by atoms with Crippen molar-refractivity contribution >= 4 is 17.4 Å². The molecule has 21 heavy (non-hydrogen) atoms. The van der Waals surface area contributed by atoms with Gasteiger partial charge < -0.3 is 0 Å². The highest BCUT2D eigenvalue weighted by Gasteiger charge is 2.35. The smallest absolute Gasteiger partial charge is 0.298 e. The van der Waals surface area contributed by atoms with Gasteiger partial charge in [-0.1, -0.05) is 0 Å². The fraction of sp³-hybridized carbons (Fsp3) is 0.333. The molecule has 1 unspecified atom stereocenters. The second kappa shape index (κ2) is 5.44. The maximum absolute atomic E-state index is 13.0. The van der Waals surface area contributed by atoms with Gasteiger partial charge in [-0.3, -0.25) is 9.48 Å². The molecule has 0 aromatic carbocycles. The summed E-state index contributed by atoms with van der Waals surface area (Å²) < 4.78 is 40.1. The lowest BCUT2D eigenvalue weighted by Gasteiger charge is -2.10. The van der Waals surface area contributed by atoms with Crippen LogP contribution >= 0.6 is 11.6 Å². The van der Waals surface area contributed by atoms with E-state index in [9.17, 15) is 18.0 Å². The van der Waals surface area contributed by atoms with Crippen LogP contribution in [-0.2, 0) is 11.0 Å². The predicted molar refractivity (Wildman–Crippen MR) is 68.7 cm³/mol. The molecular formula is C12H10ClF3N4O. The van der Waals surface area contributed by atoms with E-state index in [0.29, 0.717) is 6.20 Å². The molecule has 112 valence electrons. The molecular weight excluding hydrogens is 309 g/mol. The summed E-state index contributed by atoms with van der Waals surface area (Å²) in [7, 11) is 0. The maximum Gasteiger partial charge on any atom is 0.419 e. The summed E-state index contributed by atoms with van der Waals surface area (Å²) in [6.07, 6.45) is -1.47. The second-order valence-electron chi connectivity index (χ2n) is 4.39. The maximum atomic E-state index is 13.0. The summed E-state index contributed by atoms with van der Waals surface area (Å²) in [4.78, 5) is 18.3. The second-order valence-corrected chi connectivity index (χ2v) is 4.73. The number of halogens is 4. The molecule has 0 fully saturated rings. The summed E-state index contributed by atoms with van der Waals surface area (Å²) in [6, 6.07) is -0.578. The van der Waals surface area contributed by atoms with Gasteiger partial charge in [0.25, 0.3) is 0 Å². The van der Waals surface area contributed by atoms with Crippen molar-refractivity contribution < 1.29 is 18.0 Å². The normalized spacial score (nSPS) is 13.2. The standard InChI is InChI=1S/C12H10ClF3N4O/c1-6(7(2)21)20-5-8(3-18-20)10-9(12(14,15)16)4-17-11(13)19-10/h3-6H,1-2H3. The van der Waals surface area contributed by atoms with E-state index in [1.54, 1.807) is 6.92 Å². The number of nitrogens with zero attached hydrogens (tertiary/aromatic N) is 4. The summed E-state index contributed by atoms with van der Waals surface area (Å²) in [5, 5.41) is 3.59. The zero-order valence-corrected chi connectivity index (χ0v) is 11.8. The predicted octanol–water partition coefficient (Wildman–Crippen LogP) is 3.16. The highest BCUT2D eigenvalue weighted by molar-refractivity contribution is 6.28. The lowest BCUT2D eigenvalue weighted by molar-refractivity contribution is -0.137. The molecule has 0 amide bonds. The molecule has 0 aliphatic carbocycles. The quantitative estimate of drug-likeness (QED) is 0.816. The van der Waals surface area contributed by atoms with Gasteiger partial charge in [0.15, 0.2) is 5.78 Å². The van der Waals surface area contributed by atoms with Crippen LogP contribution in [0.2, 0.25) is 5.28 Å². The van der Waals surface area contributed by atoms with E-state index in [-0.39, 0.29) is 22.3 Å². The van der Waals surface area contributed by atoms with Crippen LogP contribution in [0.15, 0.2) is 18.6 Å². The van der Waals surface area contributed by atoms with Crippen molar-refractivity contribution in [1.29, 1.82) is 0 Å². The Labute approximate surface area is 122 Å². The summed E-state index contributed by atoms with van der Waals surface area (Å²) in [5.74, 6) is -0.165. The van der Waals surface area contributed by atoms with Crippen molar-refractivity contribution in [2.24, 2.45) is 0 Å². The lowest BCUT2D eigenvalue weighted by atomic mass is 10.1. The Kier molecular flexibility index (Phi) is 3.99. The third-order valence-electron chi connectivity index (χ3n) is 2.92. The Balaban J connectivity index is 2.52. The van der Waals surface area contributed by atoms with Gasteiger partial charge in [0, 0.05) is 18.0 Å². The lowest BCUT2D eigenvalue weighted by Crippen LogP contribution is -2.13. The number of carbonyl (C=O) groups excluding carboxylic acids is 1. The first-order valence-electron chi connectivity index (χ1n) is 5.85. The molecule has 0 saturated carbocycles. The van der Waals surface area contributed by atoms with Crippen LogP contribution in [-0.4, -0.2) is 25.5 Å². The first kappa shape index (κ1) is 15.4. The number of ketones is 1. The van der Waals surface area contributed by atoms with Gasteiger partial charge in [0.05, 0.1) is 11.9 Å². The Morgan fingerprint density at radius 2 is 2.05 bits per heavy atom. The zero-order chi connectivity index (χ0) is 15.8. The monoisotopic (exact) mass is 318 g/mol. The third kappa shape index (κ3) is 3.21. The number of hydrogen-bond donors (Lipinski definition) is 0. The number of rotatable bonds is 3. The molecule has 1 atom stereocenters. The molecule has 0 aliphatic rings. The van der Waals surface area contributed by atoms with Gasteiger partial charge in [-0.25, -0.2) is 9.97 Å². The summed E-state index contributed by atoms with van der Waals surface area (Å²) in [5.41, 5.74) is -1.27. The Bertz CT molecular complexity index is 683. The van der Waals surface area contributed by atoms with Gasteiger partial charge in [0.1, 0.15) is 11.6 Å². The van der Waals surface area contributed by atoms with Crippen molar-refractivity contribution in [3.05, 3.63) is 29.4 Å². The van der Waals surface area contributed by atoms with Crippen LogP contribution in [0, 0.1) is 0 Å². The number of alkyl halides is 3. The highest BCUT2D eigenvalue weighted by atomic mass is 35.5. The minimum Gasteiger partial charge on any atom is -0.298 e. The van der Waals surface area contributed by atoms with E-state index in [1.807, 2.05) is 0 Å². The first-order chi connectivity index (χ1) is 9.70. The van der Waals surface area contributed by atoms with Crippen molar-refractivity contribution in [2.75, 3.05) is 0 Å². The topological polar surface area (TPSA) is 60.7 Å². The molecule has 2 rings (SSSR count). The minimum atomic E-state index is -4.62. The first-order valence-corrected chi connectivity index (χ1v) is 6.22. The van der Waals surface area contributed by atoms with Crippen LogP contribution in [0.5, 0.6) is 0 Å². The number of hydrogen-bond acceptors (Lipinski definition) is 4. The van der Waals surface area contributed by atoms with E-state index in [2.05, 4.69) is 15.1 Å². The van der Waals surface area contributed by atoms with Crippen LogP contribution in [0.3, 0.4) is 0 Å². The Morgan fingerprint density at radius 1 is 1.38 bits per heavy atom. The van der Waals surface area contributed by atoms with E-state index >= 15 is 0 Å². The molecule has 0 spiro atoms. The Hall–Kier alpha value is -1.96. The van der Waals surface area contributed by atoms with E-state index in [1.165, 1.54) is 24.0 Å². The van der Waals surface area contributed by atoms with E-state index in [0.717, 1.165) is 0 Å². The summed E-state index contributed by atoms with van der Waals surface area (Å²) in [6.45, 7) is 2.96. The molecule has 0 radical (unpaired) electrons. The summed E-state index contributed by atoms with van der Waals surface area (Å²) >= 11 is 5.57. The average Bonchev–Trinajstić information content (AvgIpc) is 2.85. The van der Waals surface area contributed by atoms with E-state index in [4.69, 9.17) is 11.6 Å². The highest BCUT2D eigenvalue weighted by Crippen LogP contribution is 2.36. The zero-order valence-electron chi connectivity index (χ0n) is 11.0. The molecule has 2 aromatic heterocycles. The number of aromatic nitrogens is 4. The van der Waals surface area contributed by atoms with Gasteiger partial charge in [0.2, 0.25) is 5.28 Å². The molecule has 0 saturated heterocycles.